The molecule has 0 amide bonds. The number of anilines is 1. The third-order valence-corrected chi connectivity index (χ3v) is 2.23. The molecule has 1 aliphatic rings. The molecule has 6 heteroatoms. The minimum Gasteiger partial charge on any atom is -0.380 e. The number of nitrogens with zero attached hydrogens (tertiary/aromatic N) is 4. The Morgan fingerprint density at radius 1 is 1.36 bits per heavy atom. The fourth-order valence-corrected chi connectivity index (χ4v) is 1.53. The van der Waals surface area contributed by atoms with Crippen molar-refractivity contribution in [3.63, 3.8) is 0 Å². The lowest BCUT2D eigenvalue weighted by Crippen LogP contribution is -2.27. The van der Waals surface area contributed by atoms with Crippen LogP contribution in [-0.4, -0.2) is 41.5 Å². The molecule has 0 aromatic carbocycles. The van der Waals surface area contributed by atoms with Crippen molar-refractivity contribution >= 4 is 17.4 Å². The van der Waals surface area contributed by atoms with Crippen LogP contribution in [0.4, 0.5) is 5.82 Å². The normalized spacial score (nSPS) is 17.9. The first-order chi connectivity index (χ1) is 6.86. The Balaban J connectivity index is 2.12. The Bertz CT molecular complexity index is 301. The van der Waals surface area contributed by atoms with Gasteiger partial charge in [0.2, 0.25) is 5.28 Å². The van der Waals surface area contributed by atoms with E-state index in [1.54, 1.807) is 6.20 Å². The van der Waals surface area contributed by atoms with Gasteiger partial charge in [-0.2, -0.15) is 10.1 Å². The van der Waals surface area contributed by atoms with Crippen LogP contribution in [0.5, 0.6) is 0 Å². The summed E-state index contributed by atoms with van der Waals surface area (Å²) in [6.07, 6.45) is 2.62. The van der Waals surface area contributed by atoms with Crippen molar-refractivity contribution in [1.82, 2.24) is 15.2 Å². The van der Waals surface area contributed by atoms with Crippen LogP contribution in [0.1, 0.15) is 6.42 Å². The van der Waals surface area contributed by atoms with Gasteiger partial charge in [0.05, 0.1) is 12.8 Å². The predicted octanol–water partition coefficient (Wildman–Crippen LogP) is 0.752. The molecule has 2 rings (SSSR count). The van der Waals surface area contributed by atoms with E-state index in [0.717, 1.165) is 38.5 Å². The minimum atomic E-state index is 0.188. The molecule has 0 radical (unpaired) electrons. The summed E-state index contributed by atoms with van der Waals surface area (Å²) in [6.45, 7) is 3.29. The Morgan fingerprint density at radius 3 is 3.14 bits per heavy atom. The van der Waals surface area contributed by atoms with E-state index in [1.807, 2.05) is 0 Å². The standard InChI is InChI=1S/C8H11ClN4O/c9-8-11-7(6-10-12-8)13-2-1-4-14-5-3-13/h6H,1-5H2. The molecule has 2 heterocycles. The molecule has 0 bridgehead atoms. The Labute approximate surface area is 87.1 Å². The second-order valence-corrected chi connectivity index (χ2v) is 3.37. The van der Waals surface area contributed by atoms with Crippen LogP contribution in [0.15, 0.2) is 6.20 Å². The van der Waals surface area contributed by atoms with Crippen molar-refractivity contribution in [2.75, 3.05) is 31.2 Å². The van der Waals surface area contributed by atoms with Crippen molar-refractivity contribution in [3.05, 3.63) is 11.5 Å². The van der Waals surface area contributed by atoms with E-state index in [0.29, 0.717) is 0 Å². The second kappa shape index (κ2) is 4.52. The molecule has 0 saturated carbocycles. The van der Waals surface area contributed by atoms with E-state index in [9.17, 15) is 0 Å². The zero-order chi connectivity index (χ0) is 9.80. The highest BCUT2D eigenvalue weighted by atomic mass is 35.5. The van der Waals surface area contributed by atoms with Crippen molar-refractivity contribution < 1.29 is 4.74 Å². The van der Waals surface area contributed by atoms with Gasteiger partial charge < -0.3 is 9.64 Å². The summed E-state index contributed by atoms with van der Waals surface area (Å²) in [5.41, 5.74) is 0. The number of hydrogen-bond acceptors (Lipinski definition) is 5. The number of halogens is 1. The highest BCUT2D eigenvalue weighted by Crippen LogP contribution is 2.12. The van der Waals surface area contributed by atoms with Gasteiger partial charge in [-0.1, -0.05) is 0 Å². The van der Waals surface area contributed by atoms with Crippen molar-refractivity contribution in [2.45, 2.75) is 6.42 Å². The monoisotopic (exact) mass is 214 g/mol. The van der Waals surface area contributed by atoms with E-state index in [2.05, 4.69) is 20.1 Å². The van der Waals surface area contributed by atoms with Gasteiger partial charge in [0.1, 0.15) is 0 Å². The summed E-state index contributed by atoms with van der Waals surface area (Å²) in [7, 11) is 0. The zero-order valence-corrected chi connectivity index (χ0v) is 8.44. The molecule has 1 fully saturated rings. The third-order valence-electron chi connectivity index (χ3n) is 2.07. The summed E-state index contributed by atoms with van der Waals surface area (Å²) < 4.78 is 5.34. The molecule has 0 N–H and O–H groups in total. The SMILES string of the molecule is Clc1nncc(N2CCCOCC2)n1. The summed E-state index contributed by atoms with van der Waals surface area (Å²) in [5.74, 6) is 0.774. The lowest BCUT2D eigenvalue weighted by Gasteiger charge is -2.19. The van der Waals surface area contributed by atoms with E-state index in [-0.39, 0.29) is 5.28 Å². The molecule has 0 aliphatic carbocycles. The van der Waals surface area contributed by atoms with Crippen molar-refractivity contribution in [1.29, 1.82) is 0 Å². The first-order valence-electron chi connectivity index (χ1n) is 4.54. The van der Waals surface area contributed by atoms with Gasteiger partial charge in [-0.05, 0) is 18.0 Å². The van der Waals surface area contributed by atoms with Crippen LogP contribution < -0.4 is 4.90 Å². The van der Waals surface area contributed by atoms with Gasteiger partial charge in [0, 0.05) is 19.7 Å². The van der Waals surface area contributed by atoms with Gasteiger partial charge in [-0.15, -0.1) is 5.10 Å². The maximum Gasteiger partial charge on any atom is 0.244 e. The molecule has 5 nitrogen and oxygen atoms in total. The minimum absolute atomic E-state index is 0.188. The number of hydrogen-bond donors (Lipinski definition) is 0. The Kier molecular flexibility index (Phi) is 3.10. The van der Waals surface area contributed by atoms with Gasteiger partial charge in [-0.25, -0.2) is 0 Å². The Hall–Kier alpha value is -0.940. The number of rotatable bonds is 1. The van der Waals surface area contributed by atoms with Crippen LogP contribution in [0.3, 0.4) is 0 Å². The van der Waals surface area contributed by atoms with Crippen LogP contribution >= 0.6 is 11.6 Å². The number of ether oxygens (including phenoxy) is 1. The quantitative estimate of drug-likeness (QED) is 0.691. The predicted molar refractivity (Wildman–Crippen MR) is 52.5 cm³/mol. The molecule has 0 atom stereocenters. The van der Waals surface area contributed by atoms with E-state index in [4.69, 9.17) is 16.3 Å². The second-order valence-electron chi connectivity index (χ2n) is 3.04. The lowest BCUT2D eigenvalue weighted by atomic mass is 10.4. The van der Waals surface area contributed by atoms with E-state index >= 15 is 0 Å². The maximum atomic E-state index is 5.66. The molecule has 1 aromatic heterocycles. The molecule has 76 valence electrons. The summed E-state index contributed by atoms with van der Waals surface area (Å²) in [4.78, 5) is 6.21. The average molecular weight is 215 g/mol. The molecule has 0 spiro atoms. The van der Waals surface area contributed by atoms with Gasteiger partial charge in [-0.3, -0.25) is 0 Å². The zero-order valence-electron chi connectivity index (χ0n) is 7.69. The Morgan fingerprint density at radius 2 is 2.29 bits per heavy atom. The van der Waals surface area contributed by atoms with Gasteiger partial charge in [0.15, 0.2) is 5.82 Å². The maximum absolute atomic E-state index is 5.66. The van der Waals surface area contributed by atoms with Crippen LogP contribution in [0, 0.1) is 0 Å². The van der Waals surface area contributed by atoms with Crippen molar-refractivity contribution in [3.8, 4) is 0 Å². The highest BCUT2D eigenvalue weighted by Gasteiger charge is 2.11. The summed E-state index contributed by atoms with van der Waals surface area (Å²) in [6, 6.07) is 0. The molecule has 1 saturated heterocycles. The third kappa shape index (κ3) is 2.30. The molecular weight excluding hydrogens is 204 g/mol. The first-order valence-corrected chi connectivity index (χ1v) is 4.92. The van der Waals surface area contributed by atoms with E-state index in [1.165, 1.54) is 0 Å². The lowest BCUT2D eigenvalue weighted by molar-refractivity contribution is 0.152. The summed E-state index contributed by atoms with van der Waals surface area (Å²) in [5, 5.41) is 7.56. The average Bonchev–Trinajstić information content (AvgIpc) is 2.45. The van der Waals surface area contributed by atoms with Crippen LogP contribution in [0.25, 0.3) is 0 Å². The molecular formula is C8H11ClN4O. The number of aromatic nitrogens is 3. The molecule has 1 aliphatic heterocycles. The summed E-state index contributed by atoms with van der Waals surface area (Å²) >= 11 is 5.66. The molecule has 0 unspecified atom stereocenters. The molecule has 1 aromatic rings. The smallest absolute Gasteiger partial charge is 0.244 e. The topological polar surface area (TPSA) is 51.1 Å². The van der Waals surface area contributed by atoms with Crippen LogP contribution in [0.2, 0.25) is 5.28 Å². The first kappa shape index (κ1) is 9.61. The fourth-order valence-electron chi connectivity index (χ4n) is 1.40. The van der Waals surface area contributed by atoms with Crippen molar-refractivity contribution in [2.24, 2.45) is 0 Å². The largest absolute Gasteiger partial charge is 0.380 e. The van der Waals surface area contributed by atoms with Crippen LogP contribution in [-0.2, 0) is 4.74 Å². The highest BCUT2D eigenvalue weighted by molar-refractivity contribution is 6.28. The fraction of sp³-hybridized carbons (Fsp3) is 0.625. The van der Waals surface area contributed by atoms with Gasteiger partial charge >= 0.3 is 0 Å². The van der Waals surface area contributed by atoms with E-state index < -0.39 is 0 Å². The molecule has 14 heavy (non-hydrogen) atoms. The van der Waals surface area contributed by atoms with Gasteiger partial charge in [0.25, 0.3) is 0 Å².